The summed E-state index contributed by atoms with van der Waals surface area (Å²) >= 11 is 1.57. The Hall–Kier alpha value is -1.29. The summed E-state index contributed by atoms with van der Waals surface area (Å²) in [6, 6.07) is 10.1. The van der Waals surface area contributed by atoms with Crippen molar-refractivity contribution in [2.24, 2.45) is 4.99 Å². The van der Waals surface area contributed by atoms with Crippen LogP contribution >= 0.6 is 11.8 Å². The van der Waals surface area contributed by atoms with Crippen molar-refractivity contribution in [1.29, 1.82) is 0 Å². The minimum absolute atomic E-state index is 0.0551. The van der Waals surface area contributed by atoms with Crippen LogP contribution in [0.2, 0.25) is 0 Å². The fourth-order valence-electron chi connectivity index (χ4n) is 1.81. The molecule has 1 unspecified atom stereocenters. The first-order valence-electron chi connectivity index (χ1n) is 6.35. The first-order valence-corrected chi connectivity index (χ1v) is 7.23. The minimum Gasteiger partial charge on any atom is -0.304 e. The van der Waals surface area contributed by atoms with Gasteiger partial charge in [0.25, 0.3) is 0 Å². The predicted molar refractivity (Wildman–Crippen MR) is 76.6 cm³/mol. The van der Waals surface area contributed by atoms with Crippen LogP contribution in [0, 0.1) is 0 Å². The number of carbonyl (C=O) groups excluding carboxylic acids is 1. The summed E-state index contributed by atoms with van der Waals surface area (Å²) in [4.78, 5) is 16.1. The maximum absolute atomic E-state index is 11.7. The third-order valence-electron chi connectivity index (χ3n) is 2.84. The molecule has 4 heteroatoms. The van der Waals surface area contributed by atoms with Gasteiger partial charge in [-0.2, -0.15) is 0 Å². The maximum atomic E-state index is 11.7. The van der Waals surface area contributed by atoms with Gasteiger partial charge in [-0.3, -0.25) is 9.79 Å². The van der Waals surface area contributed by atoms with Gasteiger partial charge in [-0.05, 0) is 12.0 Å². The number of nitrogens with one attached hydrogen (secondary N) is 1. The molecule has 1 aliphatic rings. The van der Waals surface area contributed by atoms with E-state index in [0.717, 1.165) is 30.0 Å². The van der Waals surface area contributed by atoms with Gasteiger partial charge in [0.2, 0.25) is 5.91 Å². The average Bonchev–Trinajstić information content (AvgIpc) is 2.76. The van der Waals surface area contributed by atoms with Crippen LogP contribution in [0.1, 0.15) is 31.7 Å². The predicted octanol–water partition coefficient (Wildman–Crippen LogP) is 2.96. The number of unbranched alkanes of at least 4 members (excludes halogenated alkanes) is 1. The molecular formula is C14H18N2OS. The number of nitrogens with zero attached hydrogens (tertiary/aromatic N) is 1. The lowest BCUT2D eigenvalue weighted by atomic mass is 10.2. The first kappa shape index (κ1) is 13.1. The Morgan fingerprint density at radius 3 is 2.83 bits per heavy atom. The second kappa shape index (κ2) is 6.59. The number of benzene rings is 1. The summed E-state index contributed by atoms with van der Waals surface area (Å²) in [5, 5.41) is 3.68. The molecule has 1 aromatic rings. The van der Waals surface area contributed by atoms with E-state index in [1.54, 1.807) is 11.8 Å². The second-order valence-electron chi connectivity index (χ2n) is 4.34. The lowest BCUT2D eigenvalue weighted by Crippen LogP contribution is -2.24. The van der Waals surface area contributed by atoms with Crippen molar-refractivity contribution < 1.29 is 4.79 Å². The van der Waals surface area contributed by atoms with Crippen molar-refractivity contribution in [2.45, 2.75) is 38.0 Å². The summed E-state index contributed by atoms with van der Waals surface area (Å²) in [5.74, 6) is 0.111. The third kappa shape index (κ3) is 3.60. The van der Waals surface area contributed by atoms with Gasteiger partial charge in [-0.1, -0.05) is 61.9 Å². The molecule has 1 aliphatic heterocycles. The summed E-state index contributed by atoms with van der Waals surface area (Å²) in [5.41, 5.74) is 1.16. The molecule has 96 valence electrons. The second-order valence-corrected chi connectivity index (χ2v) is 5.54. The number of amides is 1. The highest BCUT2D eigenvalue weighted by Crippen LogP contribution is 2.24. The van der Waals surface area contributed by atoms with Gasteiger partial charge < -0.3 is 5.32 Å². The number of carbonyl (C=O) groups is 1. The molecule has 0 aromatic heterocycles. The lowest BCUT2D eigenvalue weighted by Gasteiger charge is -2.01. The molecule has 1 saturated heterocycles. The van der Waals surface area contributed by atoms with Gasteiger partial charge in [-0.25, -0.2) is 0 Å². The Balaban J connectivity index is 1.89. The van der Waals surface area contributed by atoms with Gasteiger partial charge in [0.15, 0.2) is 5.17 Å². The van der Waals surface area contributed by atoms with E-state index in [9.17, 15) is 4.79 Å². The molecule has 1 fully saturated rings. The van der Waals surface area contributed by atoms with E-state index in [1.165, 1.54) is 0 Å². The van der Waals surface area contributed by atoms with E-state index in [2.05, 4.69) is 17.2 Å². The Morgan fingerprint density at radius 2 is 2.11 bits per heavy atom. The molecule has 1 atom stereocenters. The molecule has 1 aromatic carbocycles. The van der Waals surface area contributed by atoms with Crippen molar-refractivity contribution in [1.82, 2.24) is 5.32 Å². The topological polar surface area (TPSA) is 41.5 Å². The molecular weight excluding hydrogens is 244 g/mol. The van der Waals surface area contributed by atoms with Gasteiger partial charge in [-0.15, -0.1) is 0 Å². The Bertz CT molecular complexity index is 431. The van der Waals surface area contributed by atoms with Crippen LogP contribution in [-0.2, 0) is 11.3 Å². The summed E-state index contributed by atoms with van der Waals surface area (Å²) in [7, 11) is 0. The van der Waals surface area contributed by atoms with E-state index < -0.39 is 0 Å². The average molecular weight is 262 g/mol. The highest BCUT2D eigenvalue weighted by molar-refractivity contribution is 8.15. The molecule has 1 heterocycles. The Kier molecular flexibility index (Phi) is 4.81. The summed E-state index contributed by atoms with van der Waals surface area (Å²) < 4.78 is 0. The molecule has 0 spiro atoms. The van der Waals surface area contributed by atoms with Crippen LogP contribution in [0.4, 0.5) is 0 Å². The molecule has 3 nitrogen and oxygen atoms in total. The van der Waals surface area contributed by atoms with Gasteiger partial charge in [0.05, 0.1) is 11.8 Å². The van der Waals surface area contributed by atoms with Crippen molar-refractivity contribution >= 4 is 22.8 Å². The molecule has 2 rings (SSSR count). The minimum atomic E-state index is 0.0551. The normalized spacial score (nSPS) is 21.3. The summed E-state index contributed by atoms with van der Waals surface area (Å²) in [6.45, 7) is 2.77. The quantitative estimate of drug-likeness (QED) is 0.886. The lowest BCUT2D eigenvalue weighted by molar-refractivity contribution is -0.118. The molecule has 0 bridgehead atoms. The molecule has 1 amide bonds. The number of aliphatic imine (C=N–C) groups is 1. The molecule has 0 saturated carbocycles. The highest BCUT2D eigenvalue weighted by atomic mass is 32.2. The maximum Gasteiger partial charge on any atom is 0.239 e. The fraction of sp³-hybridized carbons (Fsp3) is 0.429. The van der Waals surface area contributed by atoms with Crippen LogP contribution in [0.25, 0.3) is 0 Å². The summed E-state index contributed by atoms with van der Waals surface area (Å²) in [6.07, 6.45) is 3.16. The van der Waals surface area contributed by atoms with E-state index in [-0.39, 0.29) is 11.2 Å². The van der Waals surface area contributed by atoms with Gasteiger partial charge in [0, 0.05) is 0 Å². The van der Waals surface area contributed by atoms with Crippen molar-refractivity contribution in [3.63, 3.8) is 0 Å². The molecule has 1 N–H and O–H groups in total. The number of hydrogen-bond acceptors (Lipinski definition) is 3. The number of rotatable bonds is 5. The highest BCUT2D eigenvalue weighted by Gasteiger charge is 2.29. The zero-order chi connectivity index (χ0) is 12.8. The SMILES string of the molecule is CCCCC1SC(=NCc2ccccc2)NC1=O. The van der Waals surface area contributed by atoms with Crippen LogP contribution in [0.15, 0.2) is 35.3 Å². The van der Waals surface area contributed by atoms with Crippen LogP contribution in [0.5, 0.6) is 0 Å². The monoisotopic (exact) mass is 262 g/mol. The first-order chi connectivity index (χ1) is 8.79. The molecule has 18 heavy (non-hydrogen) atoms. The van der Waals surface area contributed by atoms with E-state index in [0.29, 0.717) is 6.54 Å². The zero-order valence-corrected chi connectivity index (χ0v) is 11.4. The zero-order valence-electron chi connectivity index (χ0n) is 10.6. The Morgan fingerprint density at radius 1 is 1.33 bits per heavy atom. The standard InChI is InChI=1S/C14H18N2OS/c1-2-3-9-12-13(17)16-14(18-12)15-10-11-7-5-4-6-8-11/h4-8,12H,2-3,9-10H2,1H3,(H,15,16,17). The molecule has 0 aliphatic carbocycles. The number of amidine groups is 1. The van der Waals surface area contributed by atoms with Crippen molar-refractivity contribution in [3.05, 3.63) is 35.9 Å². The van der Waals surface area contributed by atoms with Crippen LogP contribution < -0.4 is 5.32 Å². The fourth-order valence-corrected chi connectivity index (χ4v) is 2.83. The van der Waals surface area contributed by atoms with Gasteiger partial charge >= 0.3 is 0 Å². The Labute approximate surface area is 112 Å². The van der Waals surface area contributed by atoms with E-state index in [1.807, 2.05) is 30.3 Å². The molecule has 0 radical (unpaired) electrons. The van der Waals surface area contributed by atoms with Crippen LogP contribution in [0.3, 0.4) is 0 Å². The van der Waals surface area contributed by atoms with Crippen molar-refractivity contribution in [2.75, 3.05) is 0 Å². The largest absolute Gasteiger partial charge is 0.304 e. The third-order valence-corrected chi connectivity index (χ3v) is 4.03. The van der Waals surface area contributed by atoms with E-state index >= 15 is 0 Å². The smallest absolute Gasteiger partial charge is 0.239 e. The number of hydrogen-bond donors (Lipinski definition) is 1. The number of thioether (sulfide) groups is 1. The van der Waals surface area contributed by atoms with E-state index in [4.69, 9.17) is 0 Å². The van der Waals surface area contributed by atoms with Crippen molar-refractivity contribution in [3.8, 4) is 0 Å². The van der Waals surface area contributed by atoms with Gasteiger partial charge in [0.1, 0.15) is 0 Å². The van der Waals surface area contributed by atoms with Crippen LogP contribution in [-0.4, -0.2) is 16.3 Å².